The van der Waals surface area contributed by atoms with Gasteiger partial charge in [-0.3, -0.25) is 4.57 Å². The van der Waals surface area contributed by atoms with Crippen molar-refractivity contribution in [2.45, 2.75) is 19.3 Å². The molecule has 6 nitrogen and oxygen atoms in total. The largest absolute Gasteiger partial charge is 0.454 e. The maximum absolute atomic E-state index is 6.90. The van der Waals surface area contributed by atoms with E-state index >= 15 is 0 Å². The third-order valence-electron chi connectivity index (χ3n) is 15.2. The van der Waals surface area contributed by atoms with Crippen LogP contribution >= 0.6 is 0 Å². The molecular formula is C66H43N5O. The molecule has 0 saturated carbocycles. The molecule has 0 amide bonds. The van der Waals surface area contributed by atoms with Crippen LogP contribution in [-0.4, -0.2) is 24.1 Å². The summed E-state index contributed by atoms with van der Waals surface area (Å²) >= 11 is 0. The molecule has 1 aliphatic rings. The van der Waals surface area contributed by atoms with E-state index in [2.05, 4.69) is 223 Å². The molecule has 0 atom stereocenters. The molecule has 0 saturated heterocycles. The van der Waals surface area contributed by atoms with Crippen molar-refractivity contribution in [3.63, 3.8) is 0 Å². The van der Waals surface area contributed by atoms with Crippen LogP contribution in [-0.2, 0) is 5.41 Å². The summed E-state index contributed by atoms with van der Waals surface area (Å²) in [6.45, 7) is 4.62. The van der Waals surface area contributed by atoms with Gasteiger partial charge < -0.3 is 8.98 Å². The first-order valence-electron chi connectivity index (χ1n) is 24.6. The highest BCUT2D eigenvalue weighted by Gasteiger charge is 2.37. The van der Waals surface area contributed by atoms with E-state index in [1.165, 1.54) is 33.4 Å². The second kappa shape index (κ2) is 15.3. The Balaban J connectivity index is 0.990. The van der Waals surface area contributed by atoms with E-state index in [0.717, 1.165) is 93.5 Å². The Labute approximate surface area is 414 Å². The SMILES string of the molecule is CC1(C)c2ccccc2-c2c(-c3nc(-c4ccccc4)nc(-n4c5ccccc5c5cc6c(cc54)c4ccccc4n6-c4cc(-c5ccc(-c6ccccc6)cc5)cc5c4oc4ccccc45)n3)cccc21. The van der Waals surface area contributed by atoms with Crippen molar-refractivity contribution in [3.8, 4) is 67.8 Å². The minimum absolute atomic E-state index is 0.177. The number of hydrogen-bond donors (Lipinski definition) is 0. The molecule has 0 spiro atoms. The van der Waals surface area contributed by atoms with Gasteiger partial charge in [0.15, 0.2) is 17.2 Å². The normalized spacial score (nSPS) is 13.0. The van der Waals surface area contributed by atoms with E-state index in [4.69, 9.17) is 19.4 Å². The number of nitrogens with zero attached hydrogens (tertiary/aromatic N) is 5. The Bertz CT molecular complexity index is 4520. The molecular weight excluding hydrogens is 879 g/mol. The van der Waals surface area contributed by atoms with Crippen molar-refractivity contribution in [2.24, 2.45) is 0 Å². The second-order valence-corrected chi connectivity index (χ2v) is 19.6. The molecule has 4 heterocycles. The fourth-order valence-corrected chi connectivity index (χ4v) is 11.8. The van der Waals surface area contributed by atoms with Crippen molar-refractivity contribution in [2.75, 3.05) is 0 Å². The summed E-state index contributed by atoms with van der Waals surface area (Å²) < 4.78 is 11.6. The van der Waals surface area contributed by atoms with Crippen molar-refractivity contribution < 1.29 is 4.42 Å². The predicted octanol–water partition coefficient (Wildman–Crippen LogP) is 16.9. The van der Waals surface area contributed by atoms with Gasteiger partial charge in [-0.2, -0.15) is 9.97 Å². The van der Waals surface area contributed by atoms with E-state index in [9.17, 15) is 0 Å². The molecule has 0 N–H and O–H groups in total. The first-order chi connectivity index (χ1) is 35.5. The molecule has 14 aromatic rings. The van der Waals surface area contributed by atoms with Crippen molar-refractivity contribution in [1.29, 1.82) is 0 Å². The van der Waals surface area contributed by atoms with Crippen LogP contribution in [0.3, 0.4) is 0 Å². The number of furan rings is 1. The van der Waals surface area contributed by atoms with Gasteiger partial charge in [-0.1, -0.05) is 196 Å². The van der Waals surface area contributed by atoms with Gasteiger partial charge in [-0.15, -0.1) is 0 Å². The quantitative estimate of drug-likeness (QED) is 0.167. The predicted molar refractivity (Wildman–Crippen MR) is 295 cm³/mol. The highest BCUT2D eigenvalue weighted by atomic mass is 16.3. The van der Waals surface area contributed by atoms with E-state index in [1.807, 2.05) is 24.3 Å². The minimum atomic E-state index is -0.177. The number of rotatable bonds is 6. The topological polar surface area (TPSA) is 61.7 Å². The third kappa shape index (κ3) is 5.93. The zero-order valence-electron chi connectivity index (χ0n) is 39.5. The number of hydrogen-bond acceptors (Lipinski definition) is 4. The molecule has 1 aliphatic carbocycles. The van der Waals surface area contributed by atoms with Crippen molar-refractivity contribution in [1.82, 2.24) is 24.1 Å². The van der Waals surface area contributed by atoms with Gasteiger partial charge in [0.25, 0.3) is 0 Å². The van der Waals surface area contributed by atoms with Crippen LogP contribution in [0.5, 0.6) is 0 Å². The Morgan fingerprint density at radius 2 is 0.903 bits per heavy atom. The summed E-state index contributed by atoms with van der Waals surface area (Å²) in [6.07, 6.45) is 0. The number of fused-ring (bicyclic) bond motifs is 12. The van der Waals surface area contributed by atoms with Gasteiger partial charge >= 0.3 is 0 Å². The average Bonchev–Trinajstić information content (AvgIpc) is 4.15. The molecule has 4 aromatic heterocycles. The number of para-hydroxylation sites is 3. The monoisotopic (exact) mass is 921 g/mol. The molecule has 0 unspecified atom stereocenters. The lowest BCUT2D eigenvalue weighted by molar-refractivity contribution is 0.660. The Morgan fingerprint density at radius 1 is 0.361 bits per heavy atom. The van der Waals surface area contributed by atoms with Crippen molar-refractivity contribution >= 4 is 65.6 Å². The van der Waals surface area contributed by atoms with Crippen LogP contribution < -0.4 is 0 Å². The summed E-state index contributed by atoms with van der Waals surface area (Å²) in [5.74, 6) is 1.81. The van der Waals surface area contributed by atoms with Gasteiger partial charge in [0.2, 0.25) is 5.95 Å². The molecule has 15 rings (SSSR count). The average molecular weight is 922 g/mol. The Hall–Kier alpha value is -9.39. The zero-order valence-corrected chi connectivity index (χ0v) is 39.5. The fourth-order valence-electron chi connectivity index (χ4n) is 11.8. The lowest BCUT2D eigenvalue weighted by atomic mass is 9.82. The second-order valence-electron chi connectivity index (χ2n) is 19.6. The molecule has 0 radical (unpaired) electrons. The lowest BCUT2D eigenvalue weighted by Gasteiger charge is -2.21. The van der Waals surface area contributed by atoms with Crippen LogP contribution in [0.2, 0.25) is 0 Å². The first kappa shape index (κ1) is 40.5. The molecule has 10 aromatic carbocycles. The molecule has 0 bridgehead atoms. The fraction of sp³-hybridized carbons (Fsp3) is 0.0455. The summed E-state index contributed by atoms with van der Waals surface area (Å²) in [4.78, 5) is 16.2. The first-order valence-corrected chi connectivity index (χ1v) is 24.6. The van der Waals surface area contributed by atoms with Gasteiger partial charge in [-0.05, 0) is 87.0 Å². The summed E-state index contributed by atoms with van der Waals surface area (Å²) in [5, 5.41) is 6.60. The smallest absolute Gasteiger partial charge is 0.238 e. The summed E-state index contributed by atoms with van der Waals surface area (Å²) in [7, 11) is 0. The molecule has 72 heavy (non-hydrogen) atoms. The molecule has 338 valence electrons. The van der Waals surface area contributed by atoms with Crippen LogP contribution in [0.15, 0.2) is 229 Å². The molecule has 0 fully saturated rings. The maximum atomic E-state index is 6.90. The molecule has 6 heteroatoms. The van der Waals surface area contributed by atoms with Gasteiger partial charge in [0, 0.05) is 48.9 Å². The van der Waals surface area contributed by atoms with Gasteiger partial charge in [-0.25, -0.2) is 4.98 Å². The summed E-state index contributed by atoms with van der Waals surface area (Å²) in [6, 6.07) is 80.1. The lowest BCUT2D eigenvalue weighted by Crippen LogP contribution is -2.14. The zero-order chi connectivity index (χ0) is 47.7. The Kier molecular flexibility index (Phi) is 8.61. The van der Waals surface area contributed by atoms with Crippen LogP contribution in [0.4, 0.5) is 0 Å². The van der Waals surface area contributed by atoms with E-state index in [0.29, 0.717) is 17.6 Å². The molecule has 0 aliphatic heterocycles. The standard InChI is InChI=1S/C66H43N5O/c1-66(2)53-27-13-9-25-48(53)61-49(26-17-28-54(61)66)64-67-63(43-20-7-4-8-21-43)68-65(69-64)71-56-30-15-11-23-46(56)51-38-57-50(39-58(51)71)45-22-10-14-29-55(45)70(57)59-37-44(36-52-47-24-12-16-31-60(47)72-62(52)59)42-34-32-41(33-35-42)40-18-5-3-6-19-40/h3-39H,1-2H3. The van der Waals surface area contributed by atoms with Crippen LogP contribution in [0.1, 0.15) is 25.0 Å². The highest BCUT2D eigenvalue weighted by molar-refractivity contribution is 6.20. The Morgan fingerprint density at radius 3 is 1.64 bits per heavy atom. The van der Waals surface area contributed by atoms with Gasteiger partial charge in [0.05, 0.1) is 27.8 Å². The van der Waals surface area contributed by atoms with Crippen LogP contribution in [0.25, 0.3) is 133 Å². The third-order valence-corrected chi connectivity index (χ3v) is 15.2. The highest BCUT2D eigenvalue weighted by Crippen LogP contribution is 2.52. The van der Waals surface area contributed by atoms with E-state index in [-0.39, 0.29) is 5.41 Å². The van der Waals surface area contributed by atoms with Crippen molar-refractivity contribution in [3.05, 3.63) is 236 Å². The van der Waals surface area contributed by atoms with E-state index < -0.39 is 0 Å². The van der Waals surface area contributed by atoms with Gasteiger partial charge in [0.1, 0.15) is 5.58 Å². The minimum Gasteiger partial charge on any atom is -0.454 e. The van der Waals surface area contributed by atoms with Crippen LogP contribution in [0, 0.1) is 0 Å². The number of benzene rings is 10. The number of aromatic nitrogens is 5. The maximum Gasteiger partial charge on any atom is 0.238 e. The summed E-state index contributed by atoms with van der Waals surface area (Å²) in [5.41, 5.74) is 18.2. The van der Waals surface area contributed by atoms with E-state index in [1.54, 1.807) is 0 Å².